The molecule has 0 bridgehead atoms. The van der Waals surface area contributed by atoms with E-state index in [2.05, 4.69) is 11.6 Å². The molecule has 2 atom stereocenters. The van der Waals surface area contributed by atoms with Crippen LogP contribution in [0.15, 0.2) is 23.1 Å². The molecule has 1 aliphatic rings. The van der Waals surface area contributed by atoms with Gasteiger partial charge in [0.05, 0.1) is 0 Å². The lowest BCUT2D eigenvalue weighted by Crippen LogP contribution is -2.32. The molecule has 0 spiro atoms. The second-order valence-electron chi connectivity index (χ2n) is 5.96. The first-order valence-electron chi connectivity index (χ1n) is 7.40. The van der Waals surface area contributed by atoms with E-state index < -0.39 is 15.8 Å². The van der Waals surface area contributed by atoms with Gasteiger partial charge in [0.1, 0.15) is 10.7 Å². The Morgan fingerprint density at radius 2 is 2.14 bits per heavy atom. The largest absolute Gasteiger partial charge is 0.326 e. The lowest BCUT2D eigenvalue weighted by atomic mass is 9.83. The van der Waals surface area contributed by atoms with E-state index in [4.69, 9.17) is 5.73 Å². The van der Waals surface area contributed by atoms with Crippen molar-refractivity contribution in [3.8, 4) is 0 Å². The molecule has 2 unspecified atom stereocenters. The van der Waals surface area contributed by atoms with Crippen molar-refractivity contribution in [3.05, 3.63) is 29.6 Å². The first-order chi connectivity index (χ1) is 9.92. The highest BCUT2D eigenvalue weighted by atomic mass is 32.2. The number of halogens is 1. The Labute approximate surface area is 126 Å². The quantitative estimate of drug-likeness (QED) is 0.876. The summed E-state index contributed by atoms with van der Waals surface area (Å²) in [6.07, 6.45) is 4.39. The average Bonchev–Trinajstić information content (AvgIpc) is 2.45. The van der Waals surface area contributed by atoms with Gasteiger partial charge in [0, 0.05) is 13.1 Å². The Morgan fingerprint density at radius 1 is 1.38 bits per heavy atom. The second-order valence-corrected chi connectivity index (χ2v) is 7.69. The molecule has 1 aliphatic carbocycles. The summed E-state index contributed by atoms with van der Waals surface area (Å²) in [5.74, 6) is 0.228. The van der Waals surface area contributed by atoms with Gasteiger partial charge in [-0.1, -0.05) is 25.8 Å². The summed E-state index contributed by atoms with van der Waals surface area (Å²) in [5, 5.41) is 0. The van der Waals surface area contributed by atoms with E-state index in [9.17, 15) is 12.8 Å². The van der Waals surface area contributed by atoms with Crippen LogP contribution >= 0.6 is 0 Å². The Kier molecular flexibility index (Phi) is 5.35. The SMILES string of the molecule is CC1CCCC(CNS(=O)(=O)c2ccc(CN)cc2F)C1. The van der Waals surface area contributed by atoms with Crippen LogP contribution in [0, 0.1) is 17.7 Å². The summed E-state index contributed by atoms with van der Waals surface area (Å²) in [7, 11) is -3.80. The van der Waals surface area contributed by atoms with Gasteiger partial charge in [-0.25, -0.2) is 17.5 Å². The predicted octanol–water partition coefficient (Wildman–Crippen LogP) is 2.39. The summed E-state index contributed by atoms with van der Waals surface area (Å²) in [4.78, 5) is -0.302. The molecule has 0 radical (unpaired) electrons. The van der Waals surface area contributed by atoms with Gasteiger partial charge >= 0.3 is 0 Å². The molecule has 21 heavy (non-hydrogen) atoms. The fourth-order valence-corrected chi connectivity index (χ4v) is 4.11. The van der Waals surface area contributed by atoms with E-state index in [-0.39, 0.29) is 11.4 Å². The average molecular weight is 314 g/mol. The van der Waals surface area contributed by atoms with Gasteiger partial charge in [0.25, 0.3) is 0 Å². The van der Waals surface area contributed by atoms with Crippen molar-refractivity contribution in [3.63, 3.8) is 0 Å². The molecule has 118 valence electrons. The smallest absolute Gasteiger partial charge is 0.243 e. The highest BCUT2D eigenvalue weighted by Gasteiger charge is 2.23. The van der Waals surface area contributed by atoms with Gasteiger partial charge < -0.3 is 5.73 Å². The molecule has 0 heterocycles. The zero-order chi connectivity index (χ0) is 15.5. The number of sulfonamides is 1. The summed E-state index contributed by atoms with van der Waals surface area (Å²) in [6.45, 7) is 2.75. The molecule has 6 heteroatoms. The van der Waals surface area contributed by atoms with Crippen molar-refractivity contribution in [1.82, 2.24) is 4.72 Å². The van der Waals surface area contributed by atoms with Crippen LogP contribution in [0.5, 0.6) is 0 Å². The lowest BCUT2D eigenvalue weighted by molar-refractivity contribution is 0.283. The monoisotopic (exact) mass is 314 g/mol. The van der Waals surface area contributed by atoms with Crippen molar-refractivity contribution in [2.24, 2.45) is 17.6 Å². The van der Waals surface area contributed by atoms with Crippen LogP contribution in [0.4, 0.5) is 4.39 Å². The molecule has 0 aliphatic heterocycles. The van der Waals surface area contributed by atoms with Gasteiger partial charge in [0.2, 0.25) is 10.0 Å². The first-order valence-corrected chi connectivity index (χ1v) is 8.89. The van der Waals surface area contributed by atoms with Crippen LogP contribution in [0.25, 0.3) is 0 Å². The van der Waals surface area contributed by atoms with E-state index in [0.717, 1.165) is 19.3 Å². The Morgan fingerprint density at radius 3 is 2.76 bits per heavy atom. The Hall–Kier alpha value is -0.980. The van der Waals surface area contributed by atoms with Gasteiger partial charge in [-0.2, -0.15) is 0 Å². The fraction of sp³-hybridized carbons (Fsp3) is 0.600. The van der Waals surface area contributed by atoms with Crippen LogP contribution in [0.1, 0.15) is 38.2 Å². The van der Waals surface area contributed by atoms with Gasteiger partial charge in [-0.3, -0.25) is 0 Å². The summed E-state index contributed by atoms with van der Waals surface area (Å²) >= 11 is 0. The molecule has 0 aromatic heterocycles. The van der Waals surface area contributed by atoms with Crippen molar-refractivity contribution in [2.75, 3.05) is 6.54 Å². The molecule has 1 fully saturated rings. The third-order valence-electron chi connectivity index (χ3n) is 4.13. The van der Waals surface area contributed by atoms with Crippen molar-refractivity contribution >= 4 is 10.0 Å². The minimum Gasteiger partial charge on any atom is -0.326 e. The van der Waals surface area contributed by atoms with E-state index in [1.54, 1.807) is 6.07 Å². The molecule has 1 saturated carbocycles. The highest BCUT2D eigenvalue weighted by molar-refractivity contribution is 7.89. The van der Waals surface area contributed by atoms with Crippen molar-refractivity contribution in [1.29, 1.82) is 0 Å². The first kappa shape index (κ1) is 16.4. The van der Waals surface area contributed by atoms with Gasteiger partial charge in [0.15, 0.2) is 0 Å². The van der Waals surface area contributed by atoms with Crippen LogP contribution < -0.4 is 10.5 Å². The predicted molar refractivity (Wildman–Crippen MR) is 80.6 cm³/mol. The third-order valence-corrected chi connectivity index (χ3v) is 5.59. The van der Waals surface area contributed by atoms with E-state index in [0.29, 0.717) is 23.9 Å². The molecule has 0 amide bonds. The molecule has 1 aromatic rings. The number of hydrogen-bond acceptors (Lipinski definition) is 3. The highest BCUT2D eigenvalue weighted by Crippen LogP contribution is 2.28. The van der Waals surface area contributed by atoms with Gasteiger partial charge in [-0.05, 0) is 42.4 Å². The maximum absolute atomic E-state index is 13.9. The second kappa shape index (κ2) is 6.85. The lowest BCUT2D eigenvalue weighted by Gasteiger charge is -2.26. The van der Waals surface area contributed by atoms with E-state index in [1.165, 1.54) is 18.6 Å². The normalized spacial score (nSPS) is 23.2. The fourth-order valence-electron chi connectivity index (χ4n) is 2.94. The molecule has 4 nitrogen and oxygen atoms in total. The van der Waals surface area contributed by atoms with E-state index >= 15 is 0 Å². The zero-order valence-corrected chi connectivity index (χ0v) is 13.1. The molecular weight excluding hydrogens is 291 g/mol. The molecule has 2 rings (SSSR count). The standard InChI is InChI=1S/C15H23FN2O2S/c1-11-3-2-4-13(7-11)10-18-21(19,20)15-6-5-12(9-17)8-14(15)16/h5-6,8,11,13,18H,2-4,7,9-10,17H2,1H3. The Bertz CT molecular complexity index is 589. The summed E-state index contributed by atoms with van der Waals surface area (Å²) in [6, 6.07) is 4.00. The minimum absolute atomic E-state index is 0.185. The zero-order valence-electron chi connectivity index (χ0n) is 12.3. The van der Waals surface area contributed by atoms with Crippen molar-refractivity contribution in [2.45, 2.75) is 44.0 Å². The number of hydrogen-bond donors (Lipinski definition) is 2. The maximum atomic E-state index is 13.9. The Balaban J connectivity index is 2.04. The van der Waals surface area contributed by atoms with Crippen molar-refractivity contribution < 1.29 is 12.8 Å². The number of nitrogens with two attached hydrogens (primary N) is 1. The number of rotatable bonds is 5. The number of benzene rings is 1. The molecular formula is C15H23FN2O2S. The number of nitrogens with one attached hydrogen (secondary N) is 1. The summed E-state index contributed by atoms with van der Waals surface area (Å²) < 4.78 is 40.8. The van der Waals surface area contributed by atoms with Crippen LogP contribution in [0.3, 0.4) is 0 Å². The van der Waals surface area contributed by atoms with Crippen LogP contribution in [-0.2, 0) is 16.6 Å². The third kappa shape index (κ3) is 4.25. The topological polar surface area (TPSA) is 72.2 Å². The maximum Gasteiger partial charge on any atom is 0.243 e. The van der Waals surface area contributed by atoms with Gasteiger partial charge in [-0.15, -0.1) is 0 Å². The minimum atomic E-state index is -3.80. The molecule has 1 aromatic carbocycles. The summed E-state index contributed by atoms with van der Waals surface area (Å²) in [5.41, 5.74) is 5.99. The van der Waals surface area contributed by atoms with E-state index in [1.807, 2.05) is 0 Å². The van der Waals surface area contributed by atoms with Crippen LogP contribution in [0.2, 0.25) is 0 Å². The van der Waals surface area contributed by atoms with Crippen LogP contribution in [-0.4, -0.2) is 15.0 Å². The molecule has 0 saturated heterocycles. The molecule has 3 N–H and O–H groups in total.